The summed E-state index contributed by atoms with van der Waals surface area (Å²) in [7, 11) is -7.22. The zero-order valence-electron chi connectivity index (χ0n) is 16.3. The summed E-state index contributed by atoms with van der Waals surface area (Å²) >= 11 is 0. The quantitative estimate of drug-likeness (QED) is 0.793. The van der Waals surface area contributed by atoms with Crippen molar-refractivity contribution in [2.24, 2.45) is 0 Å². The largest absolute Gasteiger partial charge is 0.306 e. The third-order valence-electron chi connectivity index (χ3n) is 5.02. The number of nitrogens with zero attached hydrogens (tertiary/aromatic N) is 1. The first-order valence-electron chi connectivity index (χ1n) is 9.17. The molecule has 2 aromatic rings. The Hall–Kier alpha value is -1.77. The van der Waals surface area contributed by atoms with Crippen LogP contribution in [0.2, 0.25) is 0 Å². The van der Waals surface area contributed by atoms with E-state index in [2.05, 4.69) is 31.1 Å². The van der Waals surface area contributed by atoms with Crippen LogP contribution >= 0.6 is 0 Å². The molecule has 6 nitrogen and oxygen atoms in total. The average Bonchev–Trinajstić information content (AvgIpc) is 2.96. The minimum absolute atomic E-state index is 0.0915. The highest BCUT2D eigenvalue weighted by Gasteiger charge is 2.45. The normalized spacial score (nSPS) is 22.2. The van der Waals surface area contributed by atoms with E-state index in [4.69, 9.17) is 0 Å². The van der Waals surface area contributed by atoms with Gasteiger partial charge in [-0.25, -0.2) is 16.8 Å². The number of rotatable bonds is 5. The molecule has 0 amide bonds. The Bertz CT molecular complexity index is 1030. The molecule has 2 heterocycles. The van der Waals surface area contributed by atoms with E-state index in [0.29, 0.717) is 6.54 Å². The number of hydrogen-bond acceptors (Lipinski definition) is 6. The molecular weight excluding hydrogens is 396 g/mol. The lowest BCUT2D eigenvalue weighted by atomic mass is 9.87. The monoisotopic (exact) mass is 422 g/mol. The molecule has 1 N–H and O–H groups in total. The van der Waals surface area contributed by atoms with Crippen molar-refractivity contribution < 1.29 is 16.8 Å². The number of pyridine rings is 1. The Labute approximate surface area is 167 Å². The van der Waals surface area contributed by atoms with Gasteiger partial charge in [0, 0.05) is 18.8 Å². The third-order valence-corrected chi connectivity index (χ3v) is 9.19. The summed E-state index contributed by atoms with van der Waals surface area (Å²) in [6, 6.07) is 11.5. The Morgan fingerprint density at radius 1 is 1.07 bits per heavy atom. The number of nitrogens with one attached hydrogen (secondary N) is 1. The lowest BCUT2D eigenvalue weighted by Crippen LogP contribution is -2.43. The lowest BCUT2D eigenvalue weighted by molar-refractivity contribution is 0.522. The molecule has 152 valence electrons. The minimum atomic E-state index is -3.79. The van der Waals surface area contributed by atoms with E-state index in [-0.39, 0.29) is 21.8 Å². The maximum Gasteiger partial charge on any atom is 0.183 e. The molecule has 0 spiro atoms. The molecule has 1 aliphatic rings. The molecule has 8 heteroatoms. The molecule has 1 aliphatic heterocycles. The van der Waals surface area contributed by atoms with E-state index in [1.807, 2.05) is 12.1 Å². The fourth-order valence-electron chi connectivity index (χ4n) is 3.37. The second kappa shape index (κ2) is 7.57. The standard InChI is InChI=1S/C20H26N2O4S2/c1-20(2,3)15-7-9-17(10-8-15)28(25,26)19-14-27(23,24)13-18(19)22-12-16-6-4-5-11-21-16/h4-11,18-19,22H,12-14H2,1-3H3/t18-,19-/m0/s1. The SMILES string of the molecule is CC(C)(C)c1ccc(S(=O)(=O)[C@H]2CS(=O)(=O)C[C@@H]2NCc2ccccn2)cc1. The van der Waals surface area contributed by atoms with Crippen LogP contribution in [-0.4, -0.2) is 44.6 Å². The van der Waals surface area contributed by atoms with Gasteiger partial charge in [0.2, 0.25) is 0 Å². The van der Waals surface area contributed by atoms with Crippen LogP contribution in [0.3, 0.4) is 0 Å². The number of sulfone groups is 2. The van der Waals surface area contributed by atoms with E-state index in [1.54, 1.807) is 36.5 Å². The lowest BCUT2D eigenvalue weighted by Gasteiger charge is -2.22. The molecule has 0 saturated carbocycles. The van der Waals surface area contributed by atoms with Gasteiger partial charge in [-0.1, -0.05) is 39.0 Å². The second-order valence-electron chi connectivity index (χ2n) is 8.24. The van der Waals surface area contributed by atoms with E-state index in [1.165, 1.54) is 0 Å². The predicted octanol–water partition coefficient (Wildman–Crippen LogP) is 2.11. The molecule has 1 aromatic heterocycles. The summed E-state index contributed by atoms with van der Waals surface area (Å²) in [4.78, 5) is 4.35. The van der Waals surface area contributed by atoms with E-state index >= 15 is 0 Å². The second-order valence-corrected chi connectivity index (χ2v) is 12.6. The summed E-state index contributed by atoms with van der Waals surface area (Å²) in [5.41, 5.74) is 1.67. The smallest absolute Gasteiger partial charge is 0.183 e. The van der Waals surface area contributed by atoms with Crippen molar-refractivity contribution >= 4 is 19.7 Å². The molecule has 0 aliphatic carbocycles. The van der Waals surface area contributed by atoms with Crippen LogP contribution in [0.15, 0.2) is 53.6 Å². The van der Waals surface area contributed by atoms with Crippen LogP contribution in [0, 0.1) is 0 Å². The predicted molar refractivity (Wildman–Crippen MR) is 110 cm³/mol. The molecule has 3 rings (SSSR count). The molecule has 1 aromatic carbocycles. The molecule has 0 unspecified atom stereocenters. The number of benzene rings is 1. The van der Waals surface area contributed by atoms with Gasteiger partial charge in [0.05, 0.1) is 27.3 Å². The first-order valence-corrected chi connectivity index (χ1v) is 12.5. The maximum atomic E-state index is 13.2. The van der Waals surface area contributed by atoms with Gasteiger partial charge in [0.1, 0.15) is 0 Å². The summed E-state index contributed by atoms with van der Waals surface area (Å²) in [5.74, 6) is -0.556. The minimum Gasteiger partial charge on any atom is -0.306 e. The fourth-order valence-corrected chi connectivity index (χ4v) is 8.09. The van der Waals surface area contributed by atoms with Gasteiger partial charge >= 0.3 is 0 Å². The molecular formula is C20H26N2O4S2. The zero-order chi connectivity index (χ0) is 20.6. The van der Waals surface area contributed by atoms with Gasteiger partial charge in [0.25, 0.3) is 0 Å². The highest BCUT2D eigenvalue weighted by Crippen LogP contribution is 2.28. The topological polar surface area (TPSA) is 93.2 Å². The van der Waals surface area contributed by atoms with Gasteiger partial charge in [-0.05, 0) is 35.2 Å². The number of aromatic nitrogens is 1. The maximum absolute atomic E-state index is 13.2. The van der Waals surface area contributed by atoms with Crippen LogP contribution in [0.1, 0.15) is 32.0 Å². The summed E-state index contributed by atoms with van der Waals surface area (Å²) in [6.07, 6.45) is 1.65. The van der Waals surface area contributed by atoms with E-state index in [0.717, 1.165) is 11.3 Å². The van der Waals surface area contributed by atoms with Crippen LogP contribution in [0.4, 0.5) is 0 Å². The molecule has 2 atom stereocenters. The van der Waals surface area contributed by atoms with E-state index in [9.17, 15) is 16.8 Å². The summed E-state index contributed by atoms with van der Waals surface area (Å²) < 4.78 is 50.8. The van der Waals surface area contributed by atoms with Crippen molar-refractivity contribution in [2.45, 2.75) is 48.9 Å². The van der Waals surface area contributed by atoms with Crippen molar-refractivity contribution in [3.63, 3.8) is 0 Å². The Kier molecular flexibility index (Phi) is 5.67. The molecule has 28 heavy (non-hydrogen) atoms. The zero-order valence-corrected chi connectivity index (χ0v) is 17.9. The fraction of sp³-hybridized carbons (Fsp3) is 0.450. The first kappa shape index (κ1) is 21.0. The summed E-state index contributed by atoms with van der Waals surface area (Å²) in [6.45, 7) is 6.48. The Balaban J connectivity index is 1.85. The van der Waals surface area contributed by atoms with Crippen molar-refractivity contribution in [3.05, 3.63) is 59.9 Å². The van der Waals surface area contributed by atoms with Crippen LogP contribution in [0.25, 0.3) is 0 Å². The van der Waals surface area contributed by atoms with Gasteiger partial charge < -0.3 is 5.32 Å². The van der Waals surface area contributed by atoms with Crippen molar-refractivity contribution in [1.82, 2.24) is 10.3 Å². The molecule has 1 saturated heterocycles. The van der Waals surface area contributed by atoms with Gasteiger partial charge in [-0.2, -0.15) is 0 Å². The third kappa shape index (κ3) is 4.61. The Morgan fingerprint density at radius 3 is 2.32 bits per heavy atom. The highest BCUT2D eigenvalue weighted by molar-refractivity contribution is 7.96. The van der Waals surface area contributed by atoms with Crippen molar-refractivity contribution in [3.8, 4) is 0 Å². The molecule has 1 fully saturated rings. The van der Waals surface area contributed by atoms with Crippen molar-refractivity contribution in [1.29, 1.82) is 0 Å². The highest BCUT2D eigenvalue weighted by atomic mass is 32.2. The average molecular weight is 423 g/mol. The Morgan fingerprint density at radius 2 is 1.75 bits per heavy atom. The van der Waals surface area contributed by atoms with E-state index < -0.39 is 31.0 Å². The summed E-state index contributed by atoms with van der Waals surface area (Å²) in [5, 5.41) is 2.08. The van der Waals surface area contributed by atoms with Gasteiger partial charge in [-0.3, -0.25) is 4.98 Å². The number of hydrogen-bond donors (Lipinski definition) is 1. The van der Waals surface area contributed by atoms with Gasteiger partial charge in [-0.15, -0.1) is 0 Å². The first-order chi connectivity index (χ1) is 13.0. The molecule has 0 bridgehead atoms. The van der Waals surface area contributed by atoms with Crippen molar-refractivity contribution in [2.75, 3.05) is 11.5 Å². The van der Waals surface area contributed by atoms with Crippen LogP contribution in [0.5, 0.6) is 0 Å². The van der Waals surface area contributed by atoms with Crippen LogP contribution in [-0.2, 0) is 31.6 Å². The van der Waals surface area contributed by atoms with Gasteiger partial charge in [0.15, 0.2) is 19.7 Å². The van der Waals surface area contributed by atoms with Crippen LogP contribution < -0.4 is 5.32 Å². The molecule has 0 radical (unpaired) electrons.